The topological polar surface area (TPSA) is 145 Å². The summed E-state index contributed by atoms with van der Waals surface area (Å²) in [7, 11) is 0. The smallest absolute Gasteiger partial charge is 0.209 e. The van der Waals surface area contributed by atoms with Gasteiger partial charge in [0.15, 0.2) is 17.2 Å². The lowest BCUT2D eigenvalue weighted by Crippen LogP contribution is -2.60. The summed E-state index contributed by atoms with van der Waals surface area (Å²) in [5, 5.41) is 44.8. The van der Waals surface area contributed by atoms with Gasteiger partial charge in [0, 0.05) is 29.2 Å². The summed E-state index contributed by atoms with van der Waals surface area (Å²) in [5.41, 5.74) is -0.389. The second-order valence-electron chi connectivity index (χ2n) is 10.7. The molecule has 0 saturated heterocycles. The third kappa shape index (κ3) is 3.39. The molecule has 3 aliphatic carbocycles. The number of benzene rings is 1. The number of aromatic nitrogens is 1. The SMILES string of the molecule is CC(=O)C1=C(O)C(C(C)C)[C@H]2C[C@H]3Cc4c(-c5cc(C)ccn5)ccc(O)c4C(=O)C3=C(O)[C@@]2(O)C1=O. The Kier molecular flexibility index (Phi) is 5.64. The highest BCUT2D eigenvalue weighted by molar-refractivity contribution is 6.25. The van der Waals surface area contributed by atoms with Gasteiger partial charge in [-0.1, -0.05) is 13.8 Å². The Morgan fingerprint density at radius 3 is 2.46 bits per heavy atom. The van der Waals surface area contributed by atoms with Gasteiger partial charge in [0.25, 0.3) is 0 Å². The highest BCUT2D eigenvalue weighted by Gasteiger charge is 2.62. The Morgan fingerprint density at radius 1 is 1.14 bits per heavy atom. The molecule has 3 aliphatic rings. The average molecular weight is 504 g/mol. The lowest BCUT2D eigenvalue weighted by atomic mass is 9.55. The van der Waals surface area contributed by atoms with Crippen LogP contribution in [0.1, 0.15) is 48.7 Å². The van der Waals surface area contributed by atoms with Gasteiger partial charge in [-0.05, 0) is 73.9 Å². The number of aryl methyl sites for hydroxylation is 1. The molecule has 4 atom stereocenters. The van der Waals surface area contributed by atoms with E-state index in [0.29, 0.717) is 16.8 Å². The predicted octanol–water partition coefficient (Wildman–Crippen LogP) is 3.94. The van der Waals surface area contributed by atoms with Crippen LogP contribution in [0.2, 0.25) is 0 Å². The van der Waals surface area contributed by atoms with Crippen LogP contribution >= 0.6 is 0 Å². The first-order chi connectivity index (χ1) is 17.4. The molecule has 8 nitrogen and oxygen atoms in total. The van der Waals surface area contributed by atoms with Gasteiger partial charge in [0.2, 0.25) is 5.78 Å². The molecule has 0 amide bonds. The van der Waals surface area contributed by atoms with Crippen molar-refractivity contribution in [2.45, 2.75) is 46.1 Å². The molecule has 0 fully saturated rings. The van der Waals surface area contributed by atoms with Crippen molar-refractivity contribution in [3.63, 3.8) is 0 Å². The maximum absolute atomic E-state index is 13.8. The number of phenols is 1. The van der Waals surface area contributed by atoms with E-state index < -0.39 is 52.0 Å². The van der Waals surface area contributed by atoms with Crippen LogP contribution in [-0.2, 0) is 16.0 Å². The van der Waals surface area contributed by atoms with E-state index in [1.165, 1.54) is 6.07 Å². The molecule has 192 valence electrons. The zero-order valence-electron chi connectivity index (χ0n) is 21.1. The number of hydrogen-bond donors (Lipinski definition) is 4. The van der Waals surface area contributed by atoms with Crippen LogP contribution in [0.4, 0.5) is 0 Å². The molecule has 1 unspecified atom stereocenters. The van der Waals surface area contributed by atoms with Gasteiger partial charge >= 0.3 is 0 Å². The van der Waals surface area contributed by atoms with Crippen molar-refractivity contribution < 1.29 is 34.8 Å². The summed E-state index contributed by atoms with van der Waals surface area (Å²) in [5.74, 6) is -6.59. The van der Waals surface area contributed by atoms with Crippen molar-refractivity contribution in [1.82, 2.24) is 4.98 Å². The van der Waals surface area contributed by atoms with Crippen LogP contribution < -0.4 is 0 Å². The molecule has 1 heterocycles. The lowest BCUT2D eigenvalue weighted by molar-refractivity contribution is -0.149. The third-order valence-electron chi connectivity index (χ3n) is 8.15. The van der Waals surface area contributed by atoms with E-state index >= 15 is 0 Å². The van der Waals surface area contributed by atoms with Crippen LogP contribution in [0, 0.1) is 30.6 Å². The van der Waals surface area contributed by atoms with E-state index in [4.69, 9.17) is 0 Å². The van der Waals surface area contributed by atoms with E-state index in [0.717, 1.165) is 12.5 Å². The quantitative estimate of drug-likeness (QED) is 0.461. The molecule has 0 aliphatic heterocycles. The van der Waals surface area contributed by atoms with Crippen molar-refractivity contribution in [3.05, 3.63) is 69.8 Å². The Morgan fingerprint density at radius 2 is 1.84 bits per heavy atom. The number of rotatable bonds is 3. The summed E-state index contributed by atoms with van der Waals surface area (Å²) in [6, 6.07) is 6.82. The number of carbonyl (C=O) groups is 3. The molecule has 0 bridgehead atoms. The van der Waals surface area contributed by atoms with E-state index in [2.05, 4.69) is 4.98 Å². The standard InChI is InChI=1S/C29H29NO7/c1-12(2)21-18-11-15-10-17-16(19-9-13(3)7-8-30-19)5-6-20(32)24(17)26(34)23(15)28(36)29(18,37)27(35)22(14(4)31)25(21)33/h5-9,12,15,18,21,32-33,36-37H,10-11H2,1-4H3/t15-,18-,21?,29+/m1/s1. The number of ketones is 3. The van der Waals surface area contributed by atoms with Crippen LogP contribution in [0.25, 0.3) is 11.3 Å². The molecule has 0 radical (unpaired) electrons. The molecule has 0 spiro atoms. The second kappa shape index (κ2) is 8.38. The fraction of sp³-hybridized carbons (Fsp3) is 0.379. The highest BCUT2D eigenvalue weighted by Crippen LogP contribution is 2.55. The van der Waals surface area contributed by atoms with Gasteiger partial charge < -0.3 is 20.4 Å². The maximum atomic E-state index is 13.8. The molecule has 2 aromatic rings. The minimum atomic E-state index is -2.54. The lowest BCUT2D eigenvalue weighted by Gasteiger charge is -2.50. The van der Waals surface area contributed by atoms with E-state index in [-0.39, 0.29) is 41.4 Å². The molecule has 1 aromatic carbocycles. The summed E-state index contributed by atoms with van der Waals surface area (Å²) in [6.45, 7) is 6.63. The number of Topliss-reactive ketones (excluding diaryl/α,β-unsaturated/α-hetero) is 3. The molecule has 4 N–H and O–H groups in total. The zero-order chi connectivity index (χ0) is 27.0. The third-order valence-corrected chi connectivity index (χ3v) is 8.15. The van der Waals surface area contributed by atoms with Gasteiger partial charge in [-0.25, -0.2) is 0 Å². The summed E-state index contributed by atoms with van der Waals surface area (Å²) in [6.07, 6.45) is 2.02. The Balaban J connectivity index is 1.73. The molecular weight excluding hydrogens is 474 g/mol. The van der Waals surface area contributed by atoms with E-state index in [9.17, 15) is 34.8 Å². The molecule has 37 heavy (non-hydrogen) atoms. The summed E-state index contributed by atoms with van der Waals surface area (Å²) < 4.78 is 0. The predicted molar refractivity (Wildman–Crippen MR) is 134 cm³/mol. The number of phenolic OH excluding ortho intramolecular Hbond substituents is 1. The van der Waals surface area contributed by atoms with Gasteiger partial charge in [-0.15, -0.1) is 0 Å². The first kappa shape index (κ1) is 24.9. The Labute approximate surface area is 214 Å². The van der Waals surface area contributed by atoms with Gasteiger partial charge in [-0.3, -0.25) is 19.4 Å². The molecule has 5 rings (SSSR count). The second-order valence-corrected chi connectivity index (χ2v) is 10.7. The van der Waals surface area contributed by atoms with Crippen LogP contribution in [0.3, 0.4) is 0 Å². The first-order valence-electron chi connectivity index (χ1n) is 12.4. The van der Waals surface area contributed by atoms with Gasteiger partial charge in [-0.2, -0.15) is 0 Å². The number of hydrogen-bond acceptors (Lipinski definition) is 8. The summed E-state index contributed by atoms with van der Waals surface area (Å²) in [4.78, 5) is 44.0. The van der Waals surface area contributed by atoms with Crippen molar-refractivity contribution in [1.29, 1.82) is 0 Å². The molecule has 0 saturated carbocycles. The minimum Gasteiger partial charge on any atom is -0.511 e. The maximum Gasteiger partial charge on any atom is 0.209 e. The largest absolute Gasteiger partial charge is 0.511 e. The average Bonchev–Trinajstić information content (AvgIpc) is 2.81. The van der Waals surface area contributed by atoms with Gasteiger partial charge in [0.1, 0.15) is 22.8 Å². The minimum absolute atomic E-state index is 0.00509. The number of allylic oxidation sites excluding steroid dienone is 2. The number of nitrogens with zero attached hydrogens (tertiary/aromatic N) is 1. The molecule has 8 heteroatoms. The highest BCUT2D eigenvalue weighted by atomic mass is 16.3. The van der Waals surface area contributed by atoms with Crippen LogP contribution in [0.15, 0.2) is 53.1 Å². The Bertz CT molecular complexity index is 1450. The van der Waals surface area contributed by atoms with Crippen LogP contribution in [-0.4, -0.2) is 48.4 Å². The monoisotopic (exact) mass is 503 g/mol. The van der Waals surface area contributed by atoms with Crippen molar-refractivity contribution >= 4 is 17.3 Å². The molecular formula is C29H29NO7. The number of aliphatic hydroxyl groups excluding tert-OH is 2. The van der Waals surface area contributed by atoms with E-state index in [1.807, 2.05) is 19.1 Å². The van der Waals surface area contributed by atoms with Crippen molar-refractivity contribution in [2.24, 2.45) is 23.7 Å². The molecule has 1 aromatic heterocycles. The number of pyridine rings is 1. The van der Waals surface area contributed by atoms with E-state index in [1.54, 1.807) is 26.1 Å². The number of carbonyl (C=O) groups excluding carboxylic acids is 3. The summed E-state index contributed by atoms with van der Waals surface area (Å²) >= 11 is 0. The first-order valence-corrected chi connectivity index (χ1v) is 12.4. The zero-order valence-corrected chi connectivity index (χ0v) is 21.1. The fourth-order valence-corrected chi connectivity index (χ4v) is 6.52. The van der Waals surface area contributed by atoms with Gasteiger partial charge in [0.05, 0.1) is 11.3 Å². The van der Waals surface area contributed by atoms with Crippen molar-refractivity contribution in [3.8, 4) is 17.0 Å². The van der Waals surface area contributed by atoms with Crippen LogP contribution in [0.5, 0.6) is 5.75 Å². The fourth-order valence-electron chi connectivity index (χ4n) is 6.52. The number of aromatic hydroxyl groups is 1. The van der Waals surface area contributed by atoms with Crippen molar-refractivity contribution in [2.75, 3.05) is 0 Å². The number of aliphatic hydroxyl groups is 3. The number of fused-ring (bicyclic) bond motifs is 3. The Hall–Kier alpha value is -3.78. The normalized spacial score (nSPS) is 27.2.